The average molecular weight is 453 g/mol. The van der Waals surface area contributed by atoms with Gasteiger partial charge in [-0.15, -0.1) is 13.2 Å². The molecule has 1 aliphatic heterocycles. The third-order valence-corrected chi connectivity index (χ3v) is 6.03. The zero-order chi connectivity index (χ0) is 23.4. The molecular weight excluding hydrogens is 435 g/mol. The first kappa shape index (κ1) is 21.0. The smallest absolute Gasteiger partial charge is 0.406 e. The third kappa shape index (κ3) is 3.49. The van der Waals surface area contributed by atoms with Gasteiger partial charge in [0.2, 0.25) is 0 Å². The van der Waals surface area contributed by atoms with Crippen LogP contribution in [0.5, 0.6) is 5.75 Å². The number of anilines is 2. The second-order valence-corrected chi connectivity index (χ2v) is 8.09. The van der Waals surface area contributed by atoms with Crippen LogP contribution in [0.4, 0.5) is 29.3 Å². The molecule has 1 spiro atoms. The molecule has 0 N–H and O–H groups in total. The minimum atomic E-state index is -4.83. The molecule has 5 rings (SSSR count). The first-order chi connectivity index (χ1) is 15.7. The minimum absolute atomic E-state index is 0.0693. The zero-order valence-electron chi connectivity index (χ0n) is 17.4. The number of alkyl halides is 3. The number of nitrogens with zero attached hydrogens (tertiary/aromatic N) is 3. The number of urea groups is 1. The Bertz CT molecular complexity index is 1230. The molecule has 2 fully saturated rings. The molecule has 3 amide bonds. The lowest BCUT2D eigenvalue weighted by Gasteiger charge is -2.22. The molecule has 1 aromatic heterocycles. The standard InChI is InChI=1S/C24H18F3N3O3/c1-15-14-23(15)21(31)29(17-7-9-19(10-8-17)33-24(25,26)27)22(32)30(23)18-11-12-28-20(13-18)16-5-3-2-4-6-16/h2-13,15H,14H2,1H3. The van der Waals surface area contributed by atoms with E-state index in [4.69, 9.17) is 0 Å². The van der Waals surface area contributed by atoms with Crippen molar-refractivity contribution in [3.8, 4) is 17.0 Å². The number of rotatable bonds is 4. The molecule has 1 saturated carbocycles. The summed E-state index contributed by atoms with van der Waals surface area (Å²) in [6.07, 6.45) is -2.75. The summed E-state index contributed by atoms with van der Waals surface area (Å²) in [6.45, 7) is 1.89. The summed E-state index contributed by atoms with van der Waals surface area (Å²) in [7, 11) is 0. The van der Waals surface area contributed by atoms with Crippen LogP contribution in [0.3, 0.4) is 0 Å². The predicted octanol–water partition coefficient (Wildman–Crippen LogP) is 5.40. The summed E-state index contributed by atoms with van der Waals surface area (Å²) in [5.41, 5.74) is 1.22. The summed E-state index contributed by atoms with van der Waals surface area (Å²) >= 11 is 0. The molecule has 1 saturated heterocycles. The minimum Gasteiger partial charge on any atom is -0.406 e. The average Bonchev–Trinajstić information content (AvgIpc) is 3.40. The predicted molar refractivity (Wildman–Crippen MR) is 115 cm³/mol. The number of benzene rings is 2. The van der Waals surface area contributed by atoms with Crippen LogP contribution in [0.25, 0.3) is 11.3 Å². The Kier molecular flexibility index (Phi) is 4.66. The Morgan fingerprint density at radius 3 is 2.27 bits per heavy atom. The summed E-state index contributed by atoms with van der Waals surface area (Å²) < 4.78 is 41.3. The second-order valence-electron chi connectivity index (χ2n) is 8.09. The van der Waals surface area contributed by atoms with E-state index in [2.05, 4.69) is 9.72 Å². The first-order valence-electron chi connectivity index (χ1n) is 10.3. The van der Waals surface area contributed by atoms with Crippen LogP contribution in [-0.2, 0) is 4.79 Å². The van der Waals surface area contributed by atoms with Gasteiger partial charge in [-0.05, 0) is 48.7 Å². The second kappa shape index (κ2) is 7.33. The van der Waals surface area contributed by atoms with Gasteiger partial charge in [0.25, 0.3) is 5.91 Å². The lowest BCUT2D eigenvalue weighted by molar-refractivity contribution is -0.274. The number of imide groups is 1. The number of aromatic nitrogens is 1. The van der Waals surface area contributed by atoms with Gasteiger partial charge in [0.1, 0.15) is 11.3 Å². The van der Waals surface area contributed by atoms with Crippen molar-refractivity contribution in [2.24, 2.45) is 5.92 Å². The monoisotopic (exact) mass is 453 g/mol. The van der Waals surface area contributed by atoms with Crippen LogP contribution in [0, 0.1) is 5.92 Å². The number of halogens is 3. The topological polar surface area (TPSA) is 62.7 Å². The molecule has 2 unspecified atom stereocenters. The highest BCUT2D eigenvalue weighted by Gasteiger charge is 2.70. The fourth-order valence-corrected chi connectivity index (χ4v) is 4.36. The quantitative estimate of drug-likeness (QED) is 0.497. The molecular formula is C24H18F3N3O3. The van der Waals surface area contributed by atoms with Crippen LogP contribution in [-0.4, -0.2) is 28.8 Å². The van der Waals surface area contributed by atoms with E-state index in [1.54, 1.807) is 18.3 Å². The Morgan fingerprint density at radius 1 is 1.00 bits per heavy atom. The van der Waals surface area contributed by atoms with Crippen molar-refractivity contribution >= 4 is 23.3 Å². The Morgan fingerprint density at radius 2 is 1.67 bits per heavy atom. The molecule has 2 atom stereocenters. The van der Waals surface area contributed by atoms with Gasteiger partial charge in [0.05, 0.1) is 17.1 Å². The SMILES string of the molecule is CC1CC12C(=O)N(c1ccc(OC(F)(F)F)cc1)C(=O)N2c1ccnc(-c2ccccc2)c1. The fraction of sp³-hybridized carbons (Fsp3) is 0.208. The van der Waals surface area contributed by atoms with Gasteiger partial charge in [-0.2, -0.15) is 0 Å². The highest BCUT2D eigenvalue weighted by Crippen LogP contribution is 2.55. The van der Waals surface area contributed by atoms with E-state index in [9.17, 15) is 22.8 Å². The summed E-state index contributed by atoms with van der Waals surface area (Å²) in [4.78, 5) is 33.8. The molecule has 3 aromatic rings. The number of hydrogen-bond donors (Lipinski definition) is 0. The number of ether oxygens (including phenoxy) is 1. The van der Waals surface area contributed by atoms with Gasteiger partial charge >= 0.3 is 12.4 Å². The lowest BCUT2D eigenvalue weighted by Crippen LogP contribution is -2.39. The molecule has 168 valence electrons. The summed E-state index contributed by atoms with van der Waals surface area (Å²) in [6, 6.07) is 17.0. The van der Waals surface area contributed by atoms with Crippen molar-refractivity contribution in [3.63, 3.8) is 0 Å². The van der Waals surface area contributed by atoms with E-state index in [1.807, 2.05) is 37.3 Å². The van der Waals surface area contributed by atoms with Crippen LogP contribution in [0.2, 0.25) is 0 Å². The van der Waals surface area contributed by atoms with Gasteiger partial charge in [-0.3, -0.25) is 14.7 Å². The van der Waals surface area contributed by atoms with Crippen molar-refractivity contribution in [2.75, 3.05) is 9.80 Å². The number of amides is 3. The van der Waals surface area contributed by atoms with Crippen molar-refractivity contribution in [1.29, 1.82) is 0 Å². The number of hydrogen-bond acceptors (Lipinski definition) is 4. The van der Waals surface area contributed by atoms with Crippen molar-refractivity contribution < 1.29 is 27.5 Å². The zero-order valence-corrected chi connectivity index (χ0v) is 17.4. The first-order valence-corrected chi connectivity index (χ1v) is 10.3. The van der Waals surface area contributed by atoms with Gasteiger partial charge in [-0.1, -0.05) is 37.3 Å². The lowest BCUT2D eigenvalue weighted by atomic mass is 10.1. The van der Waals surface area contributed by atoms with Crippen LogP contribution >= 0.6 is 0 Å². The van der Waals surface area contributed by atoms with Crippen LogP contribution < -0.4 is 14.5 Å². The maximum Gasteiger partial charge on any atom is 0.573 e. The molecule has 2 aromatic carbocycles. The molecule has 33 heavy (non-hydrogen) atoms. The maximum atomic E-state index is 13.5. The molecule has 9 heteroatoms. The van der Waals surface area contributed by atoms with Crippen molar-refractivity contribution in [3.05, 3.63) is 72.9 Å². The Balaban J connectivity index is 1.50. The van der Waals surface area contributed by atoms with E-state index < -0.39 is 29.6 Å². The molecule has 2 heterocycles. The van der Waals surface area contributed by atoms with Gasteiger partial charge < -0.3 is 4.74 Å². The van der Waals surface area contributed by atoms with Gasteiger partial charge in [0.15, 0.2) is 0 Å². The largest absolute Gasteiger partial charge is 0.573 e. The normalized spacial score (nSPS) is 22.2. The molecule has 2 aliphatic rings. The fourth-order valence-electron chi connectivity index (χ4n) is 4.36. The maximum absolute atomic E-state index is 13.5. The number of carbonyl (C=O) groups is 2. The number of carbonyl (C=O) groups excluding carboxylic acids is 2. The van der Waals surface area contributed by atoms with E-state index in [0.717, 1.165) is 22.6 Å². The molecule has 0 bridgehead atoms. The van der Waals surface area contributed by atoms with Crippen LogP contribution in [0.1, 0.15) is 13.3 Å². The van der Waals surface area contributed by atoms with E-state index >= 15 is 0 Å². The molecule has 1 aliphatic carbocycles. The van der Waals surface area contributed by atoms with Gasteiger partial charge in [0, 0.05) is 11.8 Å². The highest BCUT2D eigenvalue weighted by atomic mass is 19.4. The van der Waals surface area contributed by atoms with E-state index in [1.165, 1.54) is 17.0 Å². The molecule has 6 nitrogen and oxygen atoms in total. The third-order valence-electron chi connectivity index (χ3n) is 6.03. The summed E-state index contributed by atoms with van der Waals surface area (Å²) in [5.74, 6) is -0.902. The van der Waals surface area contributed by atoms with E-state index in [0.29, 0.717) is 17.8 Å². The Hall–Kier alpha value is -3.88. The summed E-state index contributed by atoms with van der Waals surface area (Å²) in [5, 5.41) is 0. The molecule has 0 radical (unpaired) electrons. The van der Waals surface area contributed by atoms with Gasteiger partial charge in [-0.25, -0.2) is 9.69 Å². The van der Waals surface area contributed by atoms with Crippen molar-refractivity contribution in [2.45, 2.75) is 25.2 Å². The highest BCUT2D eigenvalue weighted by molar-refractivity contribution is 6.32. The van der Waals surface area contributed by atoms with Crippen molar-refractivity contribution in [1.82, 2.24) is 4.98 Å². The number of pyridine rings is 1. The van der Waals surface area contributed by atoms with Crippen LogP contribution in [0.15, 0.2) is 72.9 Å². The Labute approximate surface area is 187 Å². The van der Waals surface area contributed by atoms with E-state index in [-0.39, 0.29) is 11.6 Å².